The fraction of sp³-hybridized carbons (Fsp3) is 0.727. The molecule has 0 saturated heterocycles. The van der Waals surface area contributed by atoms with Crippen molar-refractivity contribution in [3.05, 3.63) is 0 Å². The SMILES string of the molecule is CCN(CC)c1nc(NO)nc(N(CC)CC)n1. The zero-order valence-corrected chi connectivity index (χ0v) is 11.5. The quantitative estimate of drug-likeness (QED) is 0.711. The van der Waals surface area contributed by atoms with Crippen molar-refractivity contribution in [2.75, 3.05) is 41.5 Å². The maximum Gasteiger partial charge on any atom is 0.253 e. The van der Waals surface area contributed by atoms with E-state index in [-0.39, 0.29) is 5.95 Å². The lowest BCUT2D eigenvalue weighted by Crippen LogP contribution is -2.29. The van der Waals surface area contributed by atoms with Gasteiger partial charge in [-0.1, -0.05) is 0 Å². The van der Waals surface area contributed by atoms with Gasteiger partial charge in [0.15, 0.2) is 0 Å². The molecular formula is C11H22N6O. The van der Waals surface area contributed by atoms with Crippen LogP contribution in [0.15, 0.2) is 0 Å². The molecule has 0 bridgehead atoms. The third-order valence-corrected chi connectivity index (χ3v) is 2.80. The molecule has 0 aromatic carbocycles. The molecule has 18 heavy (non-hydrogen) atoms. The van der Waals surface area contributed by atoms with Gasteiger partial charge < -0.3 is 9.80 Å². The number of hydrogen-bond acceptors (Lipinski definition) is 7. The average Bonchev–Trinajstić information content (AvgIpc) is 2.41. The summed E-state index contributed by atoms with van der Waals surface area (Å²) in [5.74, 6) is 1.33. The molecule has 1 rings (SSSR count). The molecule has 0 unspecified atom stereocenters. The predicted molar refractivity (Wildman–Crippen MR) is 72.4 cm³/mol. The van der Waals surface area contributed by atoms with Gasteiger partial charge in [-0.2, -0.15) is 15.0 Å². The number of aromatic nitrogens is 3. The van der Waals surface area contributed by atoms with Crippen LogP contribution in [0.4, 0.5) is 17.8 Å². The first-order valence-electron chi connectivity index (χ1n) is 6.36. The Kier molecular flexibility index (Phi) is 5.57. The minimum atomic E-state index is 0.175. The van der Waals surface area contributed by atoms with E-state index in [4.69, 9.17) is 5.21 Å². The standard InChI is InChI=1S/C11H22N6O/c1-5-16(6-2)10-12-9(15-18)13-11(14-10)17(7-3)8-4/h18H,5-8H2,1-4H3,(H,12,13,14,15). The highest BCUT2D eigenvalue weighted by Gasteiger charge is 2.13. The third kappa shape index (κ3) is 3.19. The molecule has 102 valence electrons. The summed E-state index contributed by atoms with van der Waals surface area (Å²) >= 11 is 0. The van der Waals surface area contributed by atoms with E-state index in [1.807, 2.05) is 43.0 Å². The van der Waals surface area contributed by atoms with Crippen LogP contribution in [0.1, 0.15) is 27.7 Å². The Morgan fingerprint density at radius 2 is 1.22 bits per heavy atom. The molecular weight excluding hydrogens is 232 g/mol. The minimum Gasteiger partial charge on any atom is -0.341 e. The molecule has 0 radical (unpaired) electrons. The smallest absolute Gasteiger partial charge is 0.253 e. The lowest BCUT2D eigenvalue weighted by molar-refractivity contribution is 0.382. The Bertz CT molecular complexity index is 334. The number of rotatable bonds is 7. The number of anilines is 3. The summed E-state index contributed by atoms with van der Waals surface area (Å²) in [7, 11) is 0. The zero-order valence-electron chi connectivity index (χ0n) is 11.5. The number of nitrogens with zero attached hydrogens (tertiary/aromatic N) is 5. The second-order valence-corrected chi connectivity index (χ2v) is 3.72. The van der Waals surface area contributed by atoms with Gasteiger partial charge >= 0.3 is 0 Å². The average molecular weight is 254 g/mol. The van der Waals surface area contributed by atoms with Crippen molar-refractivity contribution in [2.24, 2.45) is 0 Å². The van der Waals surface area contributed by atoms with Gasteiger partial charge in [0.25, 0.3) is 5.95 Å². The Morgan fingerprint density at radius 1 is 0.833 bits per heavy atom. The van der Waals surface area contributed by atoms with Gasteiger partial charge in [0, 0.05) is 26.2 Å². The van der Waals surface area contributed by atoms with E-state index in [1.165, 1.54) is 0 Å². The molecule has 2 N–H and O–H groups in total. The van der Waals surface area contributed by atoms with Crippen molar-refractivity contribution < 1.29 is 5.21 Å². The first-order chi connectivity index (χ1) is 8.69. The highest BCUT2D eigenvalue weighted by atomic mass is 16.5. The highest BCUT2D eigenvalue weighted by Crippen LogP contribution is 2.15. The number of nitrogens with one attached hydrogen (secondary N) is 1. The van der Waals surface area contributed by atoms with Crippen molar-refractivity contribution >= 4 is 17.8 Å². The molecule has 0 amide bonds. The van der Waals surface area contributed by atoms with Crippen LogP contribution in [0, 0.1) is 0 Å². The summed E-state index contributed by atoms with van der Waals surface area (Å²) in [6, 6.07) is 0. The molecule has 0 spiro atoms. The highest BCUT2D eigenvalue weighted by molar-refractivity contribution is 5.44. The lowest BCUT2D eigenvalue weighted by Gasteiger charge is -2.23. The molecule has 0 atom stereocenters. The zero-order chi connectivity index (χ0) is 13.5. The Morgan fingerprint density at radius 3 is 1.50 bits per heavy atom. The van der Waals surface area contributed by atoms with Crippen LogP contribution < -0.4 is 15.3 Å². The van der Waals surface area contributed by atoms with Crippen LogP contribution in [0.2, 0.25) is 0 Å². The van der Waals surface area contributed by atoms with E-state index in [0.29, 0.717) is 11.9 Å². The monoisotopic (exact) mass is 254 g/mol. The second-order valence-electron chi connectivity index (χ2n) is 3.72. The third-order valence-electron chi connectivity index (χ3n) is 2.80. The van der Waals surface area contributed by atoms with Crippen molar-refractivity contribution in [1.82, 2.24) is 15.0 Å². The van der Waals surface area contributed by atoms with Crippen molar-refractivity contribution in [3.63, 3.8) is 0 Å². The first kappa shape index (κ1) is 14.4. The van der Waals surface area contributed by atoms with Gasteiger partial charge in [0.1, 0.15) is 0 Å². The van der Waals surface area contributed by atoms with Crippen LogP contribution in [-0.2, 0) is 0 Å². The molecule has 0 saturated carbocycles. The molecule has 7 nitrogen and oxygen atoms in total. The van der Waals surface area contributed by atoms with Crippen molar-refractivity contribution in [2.45, 2.75) is 27.7 Å². The van der Waals surface area contributed by atoms with Gasteiger partial charge in [-0.25, -0.2) is 5.48 Å². The Labute approximate surface area is 108 Å². The molecule has 0 aliphatic rings. The van der Waals surface area contributed by atoms with Crippen LogP contribution in [0.25, 0.3) is 0 Å². The Hall–Kier alpha value is -1.63. The van der Waals surface area contributed by atoms with Crippen molar-refractivity contribution in [3.8, 4) is 0 Å². The fourth-order valence-electron chi connectivity index (χ4n) is 1.70. The van der Waals surface area contributed by atoms with Crippen molar-refractivity contribution in [1.29, 1.82) is 0 Å². The van der Waals surface area contributed by atoms with E-state index >= 15 is 0 Å². The molecule has 1 heterocycles. The van der Waals surface area contributed by atoms with E-state index in [0.717, 1.165) is 26.2 Å². The largest absolute Gasteiger partial charge is 0.341 e. The summed E-state index contributed by atoms with van der Waals surface area (Å²) in [6.07, 6.45) is 0. The predicted octanol–water partition coefficient (Wildman–Crippen LogP) is 1.37. The summed E-state index contributed by atoms with van der Waals surface area (Å²) in [6.45, 7) is 11.4. The van der Waals surface area contributed by atoms with Crippen LogP contribution in [0.3, 0.4) is 0 Å². The van der Waals surface area contributed by atoms with Crippen LogP contribution >= 0.6 is 0 Å². The Balaban J connectivity index is 3.15. The van der Waals surface area contributed by atoms with E-state index in [9.17, 15) is 0 Å². The molecule has 1 aromatic rings. The molecule has 0 aliphatic heterocycles. The van der Waals surface area contributed by atoms with E-state index < -0.39 is 0 Å². The maximum atomic E-state index is 9.00. The summed E-state index contributed by atoms with van der Waals surface area (Å²) in [5.41, 5.74) is 2.00. The normalized spacial score (nSPS) is 10.3. The summed E-state index contributed by atoms with van der Waals surface area (Å²) in [5, 5.41) is 9.00. The van der Waals surface area contributed by atoms with Crippen LogP contribution in [-0.4, -0.2) is 46.3 Å². The van der Waals surface area contributed by atoms with Gasteiger partial charge in [-0.3, -0.25) is 5.21 Å². The lowest BCUT2D eigenvalue weighted by atomic mass is 10.5. The molecule has 1 aromatic heterocycles. The van der Waals surface area contributed by atoms with E-state index in [2.05, 4.69) is 15.0 Å². The topological polar surface area (TPSA) is 77.4 Å². The van der Waals surface area contributed by atoms with Gasteiger partial charge in [0.05, 0.1) is 0 Å². The van der Waals surface area contributed by atoms with E-state index in [1.54, 1.807) is 0 Å². The minimum absolute atomic E-state index is 0.175. The second kappa shape index (κ2) is 6.95. The van der Waals surface area contributed by atoms with Crippen LogP contribution in [0.5, 0.6) is 0 Å². The van der Waals surface area contributed by atoms with Gasteiger partial charge in [-0.15, -0.1) is 0 Å². The maximum absolute atomic E-state index is 9.00. The molecule has 0 aliphatic carbocycles. The van der Waals surface area contributed by atoms with Gasteiger partial charge in [-0.05, 0) is 27.7 Å². The number of hydrogen-bond donors (Lipinski definition) is 2. The first-order valence-corrected chi connectivity index (χ1v) is 6.36. The summed E-state index contributed by atoms with van der Waals surface area (Å²) < 4.78 is 0. The molecule has 0 fully saturated rings. The molecule has 7 heteroatoms. The fourth-order valence-corrected chi connectivity index (χ4v) is 1.70. The summed E-state index contributed by atoms with van der Waals surface area (Å²) in [4.78, 5) is 16.8. The van der Waals surface area contributed by atoms with Gasteiger partial charge in [0.2, 0.25) is 11.9 Å².